The zero-order valence-corrected chi connectivity index (χ0v) is 9.32. The third-order valence-electron chi connectivity index (χ3n) is 3.30. The summed E-state index contributed by atoms with van der Waals surface area (Å²) in [6, 6.07) is 0. The number of nitrogens with zero attached hydrogens (tertiary/aromatic N) is 1. The van der Waals surface area contributed by atoms with Gasteiger partial charge in [0.2, 0.25) is 0 Å². The van der Waals surface area contributed by atoms with Crippen molar-refractivity contribution in [2.75, 3.05) is 5.73 Å². The molecule has 2 unspecified atom stereocenters. The summed E-state index contributed by atoms with van der Waals surface area (Å²) in [4.78, 5) is 0. The van der Waals surface area contributed by atoms with Crippen LogP contribution >= 0.6 is 22.6 Å². The van der Waals surface area contributed by atoms with Gasteiger partial charge in [-0.15, -0.1) is 0 Å². The minimum Gasteiger partial charge on any atom is -0.380 e. The summed E-state index contributed by atoms with van der Waals surface area (Å²) in [7, 11) is 0. The van der Waals surface area contributed by atoms with Gasteiger partial charge in [-0.3, -0.25) is 0 Å². The van der Waals surface area contributed by atoms with Crippen LogP contribution in [0.1, 0.15) is 30.9 Å². The number of aromatic nitrogens is 1. The van der Waals surface area contributed by atoms with Crippen LogP contribution in [0.5, 0.6) is 0 Å². The first-order valence-electron chi connectivity index (χ1n) is 4.66. The Kier molecular flexibility index (Phi) is 1.63. The van der Waals surface area contributed by atoms with Crippen molar-refractivity contribution in [3.63, 3.8) is 0 Å². The van der Waals surface area contributed by atoms with Crippen LogP contribution < -0.4 is 5.73 Å². The molecule has 4 heteroatoms. The van der Waals surface area contributed by atoms with Gasteiger partial charge in [0.1, 0.15) is 0 Å². The van der Waals surface area contributed by atoms with E-state index in [4.69, 9.17) is 10.3 Å². The fourth-order valence-corrected chi connectivity index (χ4v) is 3.12. The monoisotopic (exact) mass is 290 g/mol. The highest BCUT2D eigenvalue weighted by Gasteiger charge is 2.47. The first kappa shape index (κ1) is 8.08. The highest BCUT2D eigenvalue weighted by Crippen LogP contribution is 2.58. The standard InChI is InChI=1S/C9H11IN2O/c10-7-8(13-12-9(7)11)6-2-4-1-5(4)3-6/h4-6H,1-3H2,(H2,11,12). The van der Waals surface area contributed by atoms with E-state index in [-0.39, 0.29) is 0 Å². The lowest BCUT2D eigenvalue weighted by Gasteiger charge is -2.06. The lowest BCUT2D eigenvalue weighted by Crippen LogP contribution is -1.96. The van der Waals surface area contributed by atoms with Gasteiger partial charge in [-0.05, 0) is 53.7 Å². The number of anilines is 1. The fourth-order valence-electron chi connectivity index (χ4n) is 2.49. The van der Waals surface area contributed by atoms with Crippen molar-refractivity contribution in [2.24, 2.45) is 11.8 Å². The van der Waals surface area contributed by atoms with Crippen molar-refractivity contribution in [1.29, 1.82) is 0 Å². The van der Waals surface area contributed by atoms with Gasteiger partial charge in [0.05, 0.1) is 3.57 Å². The number of hydrogen-bond acceptors (Lipinski definition) is 3. The highest BCUT2D eigenvalue weighted by molar-refractivity contribution is 14.1. The van der Waals surface area contributed by atoms with E-state index in [1.807, 2.05) is 0 Å². The van der Waals surface area contributed by atoms with Gasteiger partial charge in [-0.2, -0.15) is 0 Å². The Morgan fingerprint density at radius 2 is 2.00 bits per heavy atom. The lowest BCUT2D eigenvalue weighted by atomic mass is 10.0. The summed E-state index contributed by atoms with van der Waals surface area (Å²) >= 11 is 2.23. The van der Waals surface area contributed by atoms with Crippen LogP contribution in [0.25, 0.3) is 0 Å². The maximum Gasteiger partial charge on any atom is 0.180 e. The van der Waals surface area contributed by atoms with E-state index in [9.17, 15) is 0 Å². The van der Waals surface area contributed by atoms with E-state index in [1.54, 1.807) is 0 Å². The Morgan fingerprint density at radius 1 is 1.31 bits per heavy atom. The zero-order chi connectivity index (χ0) is 9.00. The number of nitrogen functional groups attached to an aromatic ring is 1. The van der Waals surface area contributed by atoms with Gasteiger partial charge in [-0.1, -0.05) is 5.16 Å². The molecule has 0 radical (unpaired) electrons. The summed E-state index contributed by atoms with van der Waals surface area (Å²) in [6.45, 7) is 0. The summed E-state index contributed by atoms with van der Waals surface area (Å²) in [5.74, 6) is 4.14. The first-order valence-corrected chi connectivity index (χ1v) is 5.74. The van der Waals surface area contributed by atoms with Crippen molar-refractivity contribution < 1.29 is 4.52 Å². The molecule has 3 nitrogen and oxygen atoms in total. The molecule has 0 bridgehead atoms. The Bertz CT molecular complexity index is 339. The topological polar surface area (TPSA) is 52.0 Å². The van der Waals surface area contributed by atoms with Crippen LogP contribution in [0.2, 0.25) is 0 Å². The molecule has 2 aliphatic carbocycles. The molecule has 70 valence electrons. The molecule has 1 heterocycles. The Hall–Kier alpha value is -0.260. The van der Waals surface area contributed by atoms with Crippen molar-refractivity contribution in [3.8, 4) is 0 Å². The molecule has 0 aliphatic heterocycles. The van der Waals surface area contributed by atoms with Crippen LogP contribution in [-0.4, -0.2) is 5.16 Å². The first-order chi connectivity index (χ1) is 6.25. The second-order valence-electron chi connectivity index (χ2n) is 4.17. The van der Waals surface area contributed by atoms with Crippen molar-refractivity contribution in [2.45, 2.75) is 25.2 Å². The number of hydrogen-bond donors (Lipinski definition) is 1. The normalized spacial score (nSPS) is 36.2. The van der Waals surface area contributed by atoms with Crippen LogP contribution in [0.3, 0.4) is 0 Å². The second kappa shape index (κ2) is 2.62. The maximum absolute atomic E-state index is 5.64. The van der Waals surface area contributed by atoms with E-state index in [1.165, 1.54) is 19.3 Å². The van der Waals surface area contributed by atoms with Gasteiger partial charge < -0.3 is 10.3 Å². The molecule has 0 spiro atoms. The Labute approximate surface area is 90.2 Å². The minimum atomic E-state index is 0.552. The minimum absolute atomic E-state index is 0.552. The van der Waals surface area contributed by atoms with E-state index < -0.39 is 0 Å². The summed E-state index contributed by atoms with van der Waals surface area (Å²) in [6.07, 6.45) is 4.02. The number of rotatable bonds is 1. The summed E-state index contributed by atoms with van der Waals surface area (Å²) in [5, 5.41) is 3.80. The van der Waals surface area contributed by atoms with Gasteiger partial charge >= 0.3 is 0 Å². The quantitative estimate of drug-likeness (QED) is 0.808. The van der Waals surface area contributed by atoms with Crippen LogP contribution in [0.15, 0.2) is 4.52 Å². The molecule has 2 saturated carbocycles. The highest BCUT2D eigenvalue weighted by atomic mass is 127. The lowest BCUT2D eigenvalue weighted by molar-refractivity contribution is 0.353. The largest absolute Gasteiger partial charge is 0.380 e. The Balaban J connectivity index is 1.88. The van der Waals surface area contributed by atoms with Crippen molar-refractivity contribution in [1.82, 2.24) is 5.16 Å². The molecule has 2 aliphatic rings. The Morgan fingerprint density at radius 3 is 2.54 bits per heavy atom. The van der Waals surface area contributed by atoms with Crippen molar-refractivity contribution >= 4 is 28.4 Å². The molecular weight excluding hydrogens is 279 g/mol. The van der Waals surface area contributed by atoms with E-state index in [0.29, 0.717) is 11.7 Å². The van der Waals surface area contributed by atoms with Gasteiger partial charge in [-0.25, -0.2) is 0 Å². The molecule has 0 aromatic carbocycles. The molecule has 2 atom stereocenters. The average molecular weight is 290 g/mol. The fraction of sp³-hybridized carbons (Fsp3) is 0.667. The third-order valence-corrected chi connectivity index (χ3v) is 4.38. The van der Waals surface area contributed by atoms with Crippen LogP contribution in [0, 0.1) is 15.4 Å². The third kappa shape index (κ3) is 1.18. The molecule has 1 aromatic heterocycles. The second-order valence-corrected chi connectivity index (χ2v) is 5.25. The average Bonchev–Trinajstić information content (AvgIpc) is 2.58. The smallest absolute Gasteiger partial charge is 0.180 e. The van der Waals surface area contributed by atoms with Gasteiger partial charge in [0.25, 0.3) is 0 Å². The SMILES string of the molecule is Nc1noc(C2CC3CC3C2)c1I. The van der Waals surface area contributed by atoms with Crippen LogP contribution in [0.4, 0.5) is 5.82 Å². The predicted octanol–water partition coefficient (Wildman–Crippen LogP) is 2.37. The number of nitrogens with two attached hydrogens (primary N) is 1. The van der Waals surface area contributed by atoms with Gasteiger partial charge in [0.15, 0.2) is 11.6 Å². The molecule has 1 aromatic rings. The van der Waals surface area contributed by atoms with E-state index in [2.05, 4.69) is 27.7 Å². The maximum atomic E-state index is 5.64. The predicted molar refractivity (Wildman–Crippen MR) is 57.2 cm³/mol. The van der Waals surface area contributed by atoms with Crippen molar-refractivity contribution in [3.05, 3.63) is 9.33 Å². The number of halogens is 1. The zero-order valence-electron chi connectivity index (χ0n) is 7.16. The molecule has 13 heavy (non-hydrogen) atoms. The van der Waals surface area contributed by atoms with E-state index in [0.717, 1.165) is 21.2 Å². The number of fused-ring (bicyclic) bond motifs is 1. The molecule has 3 rings (SSSR count). The van der Waals surface area contributed by atoms with Crippen LogP contribution in [-0.2, 0) is 0 Å². The van der Waals surface area contributed by atoms with E-state index >= 15 is 0 Å². The molecule has 0 saturated heterocycles. The summed E-state index contributed by atoms with van der Waals surface area (Å²) in [5.41, 5.74) is 5.64. The molecular formula is C9H11IN2O. The molecule has 2 N–H and O–H groups in total. The molecule has 2 fully saturated rings. The summed E-state index contributed by atoms with van der Waals surface area (Å²) < 4.78 is 6.30. The molecule has 0 amide bonds. The van der Waals surface area contributed by atoms with Gasteiger partial charge in [0, 0.05) is 5.92 Å².